The van der Waals surface area contributed by atoms with Gasteiger partial charge < -0.3 is 5.73 Å². The van der Waals surface area contributed by atoms with Crippen LogP contribution in [0, 0.1) is 11.8 Å². The molecule has 1 saturated heterocycles. The van der Waals surface area contributed by atoms with E-state index in [0.717, 1.165) is 12.8 Å². The third kappa shape index (κ3) is 2.29. The summed E-state index contributed by atoms with van der Waals surface area (Å²) in [4.78, 5) is 0.272. The molecule has 1 aromatic rings. The average Bonchev–Trinajstić information content (AvgIpc) is 2.92. The van der Waals surface area contributed by atoms with Gasteiger partial charge in [-0.3, -0.25) is 0 Å². The largest absolute Gasteiger partial charge is 0.327 e. The maximum absolute atomic E-state index is 12.6. The van der Waals surface area contributed by atoms with Gasteiger partial charge in [0, 0.05) is 24.2 Å². The molecule has 0 amide bonds. The van der Waals surface area contributed by atoms with E-state index in [1.807, 2.05) is 0 Å². The second-order valence-corrected chi connectivity index (χ2v) is 7.82. The number of sulfonamides is 1. The summed E-state index contributed by atoms with van der Waals surface area (Å²) < 4.78 is 26.7. The molecule has 2 N–H and O–H groups in total. The standard InChI is InChI=1S/C13H17ClN2O2S/c14-10-2-1-3-11(6-10)19(17,18)16-7-9-4-5-13(15)12(9)8-16/h1-3,6,9,12-13H,4-5,7-8,15H2. The van der Waals surface area contributed by atoms with E-state index in [9.17, 15) is 8.42 Å². The van der Waals surface area contributed by atoms with Gasteiger partial charge in [-0.2, -0.15) is 4.31 Å². The van der Waals surface area contributed by atoms with Crippen molar-refractivity contribution in [2.24, 2.45) is 17.6 Å². The Morgan fingerprint density at radius 3 is 2.74 bits per heavy atom. The van der Waals surface area contributed by atoms with Crippen LogP contribution in [0.3, 0.4) is 0 Å². The number of benzene rings is 1. The smallest absolute Gasteiger partial charge is 0.243 e. The number of halogens is 1. The molecule has 3 unspecified atom stereocenters. The van der Waals surface area contributed by atoms with Crippen molar-refractivity contribution in [2.45, 2.75) is 23.8 Å². The van der Waals surface area contributed by atoms with Gasteiger partial charge in [-0.15, -0.1) is 0 Å². The minimum atomic E-state index is -3.43. The van der Waals surface area contributed by atoms with Crippen LogP contribution in [0.15, 0.2) is 29.2 Å². The Hall–Kier alpha value is -0.620. The van der Waals surface area contributed by atoms with E-state index in [-0.39, 0.29) is 10.9 Å². The summed E-state index contributed by atoms with van der Waals surface area (Å²) in [6, 6.07) is 6.58. The van der Waals surface area contributed by atoms with E-state index >= 15 is 0 Å². The molecule has 104 valence electrons. The van der Waals surface area contributed by atoms with Crippen molar-refractivity contribution in [3.8, 4) is 0 Å². The highest BCUT2D eigenvalue weighted by Crippen LogP contribution is 2.39. The number of nitrogens with two attached hydrogens (primary N) is 1. The fourth-order valence-electron chi connectivity index (χ4n) is 3.24. The van der Waals surface area contributed by atoms with E-state index in [0.29, 0.717) is 29.9 Å². The molecule has 3 rings (SSSR count). The molecule has 6 heteroatoms. The zero-order valence-corrected chi connectivity index (χ0v) is 12.1. The van der Waals surface area contributed by atoms with Crippen LogP contribution in [-0.2, 0) is 10.0 Å². The molecule has 3 atom stereocenters. The quantitative estimate of drug-likeness (QED) is 0.904. The summed E-state index contributed by atoms with van der Waals surface area (Å²) in [7, 11) is -3.43. The lowest BCUT2D eigenvalue weighted by molar-refractivity contribution is 0.427. The van der Waals surface area contributed by atoms with E-state index in [4.69, 9.17) is 17.3 Å². The van der Waals surface area contributed by atoms with Gasteiger partial charge in [0.05, 0.1) is 4.90 Å². The topological polar surface area (TPSA) is 63.4 Å². The summed E-state index contributed by atoms with van der Waals surface area (Å²) >= 11 is 5.87. The molecule has 1 saturated carbocycles. The normalized spacial score (nSPS) is 31.6. The van der Waals surface area contributed by atoms with E-state index in [1.54, 1.807) is 22.5 Å². The molecule has 0 aromatic heterocycles. The van der Waals surface area contributed by atoms with Gasteiger partial charge in [-0.05, 0) is 42.9 Å². The molecule has 1 heterocycles. The molecule has 2 aliphatic rings. The van der Waals surface area contributed by atoms with Gasteiger partial charge in [0.15, 0.2) is 0 Å². The molecular weight excluding hydrogens is 284 g/mol. The number of rotatable bonds is 2. The predicted molar refractivity (Wildman–Crippen MR) is 74.4 cm³/mol. The number of fused-ring (bicyclic) bond motifs is 1. The van der Waals surface area contributed by atoms with E-state index in [1.165, 1.54) is 6.07 Å². The summed E-state index contributed by atoms with van der Waals surface area (Å²) in [5, 5.41) is 0.442. The highest BCUT2D eigenvalue weighted by molar-refractivity contribution is 7.89. The lowest BCUT2D eigenvalue weighted by Crippen LogP contribution is -2.33. The first kappa shape index (κ1) is 13.4. The Morgan fingerprint density at radius 1 is 1.26 bits per heavy atom. The summed E-state index contributed by atoms with van der Waals surface area (Å²) in [6.07, 6.45) is 2.05. The third-order valence-electron chi connectivity index (χ3n) is 4.31. The van der Waals surface area contributed by atoms with Crippen molar-refractivity contribution in [1.29, 1.82) is 0 Å². The predicted octanol–water partition coefficient (Wildman–Crippen LogP) is 1.70. The zero-order valence-electron chi connectivity index (χ0n) is 10.5. The molecule has 1 aliphatic heterocycles. The number of hydrogen-bond acceptors (Lipinski definition) is 3. The summed E-state index contributed by atoms with van der Waals surface area (Å²) in [6.45, 7) is 1.13. The Morgan fingerprint density at radius 2 is 2.05 bits per heavy atom. The Labute approximate surface area is 118 Å². The minimum Gasteiger partial charge on any atom is -0.327 e. The van der Waals surface area contributed by atoms with Crippen molar-refractivity contribution >= 4 is 21.6 Å². The molecule has 0 bridgehead atoms. The average molecular weight is 301 g/mol. The fraction of sp³-hybridized carbons (Fsp3) is 0.538. The van der Waals surface area contributed by atoms with Gasteiger partial charge in [0.1, 0.15) is 0 Å². The van der Waals surface area contributed by atoms with Crippen LogP contribution in [0.1, 0.15) is 12.8 Å². The van der Waals surface area contributed by atoms with Crippen LogP contribution in [0.25, 0.3) is 0 Å². The summed E-state index contributed by atoms with van der Waals surface area (Å²) in [5.74, 6) is 0.734. The zero-order chi connectivity index (χ0) is 13.6. The lowest BCUT2D eigenvalue weighted by Gasteiger charge is -2.18. The SMILES string of the molecule is NC1CCC2CN(S(=O)(=O)c3cccc(Cl)c3)CC12. The molecule has 2 fully saturated rings. The Bertz CT molecular complexity index is 590. The van der Waals surface area contributed by atoms with Crippen LogP contribution in [0.4, 0.5) is 0 Å². The molecule has 0 radical (unpaired) electrons. The first-order valence-electron chi connectivity index (χ1n) is 6.50. The Balaban J connectivity index is 1.87. The van der Waals surface area contributed by atoms with Crippen molar-refractivity contribution in [3.05, 3.63) is 29.3 Å². The van der Waals surface area contributed by atoms with Crippen LogP contribution in [0.2, 0.25) is 5.02 Å². The minimum absolute atomic E-state index is 0.143. The Kier molecular flexibility index (Phi) is 3.33. The maximum Gasteiger partial charge on any atom is 0.243 e. The summed E-state index contributed by atoms with van der Waals surface area (Å²) in [5.41, 5.74) is 6.05. The second-order valence-electron chi connectivity index (χ2n) is 5.44. The first-order chi connectivity index (χ1) is 8.98. The van der Waals surface area contributed by atoms with Crippen LogP contribution in [-0.4, -0.2) is 31.9 Å². The van der Waals surface area contributed by atoms with Gasteiger partial charge in [-0.25, -0.2) is 8.42 Å². The van der Waals surface area contributed by atoms with Crippen molar-refractivity contribution in [3.63, 3.8) is 0 Å². The molecule has 1 aromatic carbocycles. The van der Waals surface area contributed by atoms with Crippen molar-refractivity contribution in [1.82, 2.24) is 4.31 Å². The highest BCUT2D eigenvalue weighted by Gasteiger charge is 2.44. The number of hydrogen-bond donors (Lipinski definition) is 1. The monoisotopic (exact) mass is 300 g/mol. The molecule has 0 spiro atoms. The van der Waals surface area contributed by atoms with Gasteiger partial charge >= 0.3 is 0 Å². The first-order valence-corrected chi connectivity index (χ1v) is 8.31. The molecule has 1 aliphatic carbocycles. The number of nitrogens with zero attached hydrogens (tertiary/aromatic N) is 1. The highest BCUT2D eigenvalue weighted by atomic mass is 35.5. The molecule has 19 heavy (non-hydrogen) atoms. The van der Waals surface area contributed by atoms with Gasteiger partial charge in [-0.1, -0.05) is 17.7 Å². The van der Waals surface area contributed by atoms with Gasteiger partial charge in [0.2, 0.25) is 10.0 Å². The fourth-order valence-corrected chi connectivity index (χ4v) is 5.08. The van der Waals surface area contributed by atoms with Gasteiger partial charge in [0.25, 0.3) is 0 Å². The second kappa shape index (κ2) is 4.74. The van der Waals surface area contributed by atoms with Crippen LogP contribution < -0.4 is 5.73 Å². The van der Waals surface area contributed by atoms with Crippen LogP contribution in [0.5, 0.6) is 0 Å². The maximum atomic E-state index is 12.6. The lowest BCUT2D eigenvalue weighted by atomic mass is 9.98. The van der Waals surface area contributed by atoms with E-state index in [2.05, 4.69) is 0 Å². The van der Waals surface area contributed by atoms with E-state index < -0.39 is 10.0 Å². The molecule has 4 nitrogen and oxygen atoms in total. The third-order valence-corrected chi connectivity index (χ3v) is 6.38. The van der Waals surface area contributed by atoms with Crippen molar-refractivity contribution < 1.29 is 8.42 Å². The van der Waals surface area contributed by atoms with Crippen molar-refractivity contribution in [2.75, 3.05) is 13.1 Å². The van der Waals surface area contributed by atoms with Crippen LogP contribution >= 0.6 is 11.6 Å². The molecular formula is C13H17ClN2O2S.